The topological polar surface area (TPSA) is 47.4 Å². The van der Waals surface area contributed by atoms with Crippen molar-refractivity contribution in [2.75, 3.05) is 26.8 Å². The first-order valence-corrected chi connectivity index (χ1v) is 7.46. The summed E-state index contributed by atoms with van der Waals surface area (Å²) in [4.78, 5) is 18.8. The van der Waals surface area contributed by atoms with E-state index in [1.54, 1.807) is 7.11 Å². The van der Waals surface area contributed by atoms with Crippen LogP contribution in [0.3, 0.4) is 0 Å². The molecule has 112 valence electrons. The predicted molar refractivity (Wildman–Crippen MR) is 81.2 cm³/mol. The average molecular weight is 287 g/mol. The summed E-state index contributed by atoms with van der Waals surface area (Å²) in [5.74, 6) is 1.42. The quantitative estimate of drug-likeness (QED) is 0.845. The molecule has 0 bridgehead atoms. The Hall–Kier alpha value is -1.88. The summed E-state index contributed by atoms with van der Waals surface area (Å²) < 4.78 is 7.30. The molecule has 1 aliphatic rings. The molecular weight excluding hydrogens is 266 g/mol. The van der Waals surface area contributed by atoms with Crippen molar-refractivity contribution in [3.8, 4) is 0 Å². The first kappa shape index (κ1) is 14.1. The molecule has 2 heterocycles. The van der Waals surface area contributed by atoms with Crippen molar-refractivity contribution in [2.45, 2.75) is 25.8 Å². The van der Waals surface area contributed by atoms with Crippen LogP contribution in [0.1, 0.15) is 25.1 Å². The molecule has 0 N–H and O–H groups in total. The third kappa shape index (κ3) is 2.53. The molecule has 5 nitrogen and oxygen atoms in total. The van der Waals surface area contributed by atoms with Crippen LogP contribution in [-0.2, 0) is 16.1 Å². The van der Waals surface area contributed by atoms with E-state index in [1.165, 1.54) is 0 Å². The number of ether oxygens (including phenoxy) is 1. The van der Waals surface area contributed by atoms with Crippen LogP contribution in [-0.4, -0.2) is 47.2 Å². The Balaban J connectivity index is 1.89. The number of likely N-dealkylation sites (tertiary alicyclic amines) is 1. The second kappa shape index (κ2) is 5.85. The van der Waals surface area contributed by atoms with E-state index in [9.17, 15) is 4.79 Å². The largest absolute Gasteiger partial charge is 0.383 e. The number of rotatable bonds is 5. The van der Waals surface area contributed by atoms with Gasteiger partial charge in [-0.3, -0.25) is 4.79 Å². The number of benzene rings is 1. The maximum Gasteiger partial charge on any atom is 0.223 e. The Labute approximate surface area is 124 Å². The number of para-hydroxylation sites is 2. The van der Waals surface area contributed by atoms with Gasteiger partial charge in [-0.15, -0.1) is 0 Å². The van der Waals surface area contributed by atoms with Gasteiger partial charge in [0, 0.05) is 39.1 Å². The van der Waals surface area contributed by atoms with Gasteiger partial charge in [0.1, 0.15) is 5.82 Å². The van der Waals surface area contributed by atoms with Crippen LogP contribution >= 0.6 is 0 Å². The second-order valence-electron chi connectivity index (χ2n) is 5.44. The van der Waals surface area contributed by atoms with Crippen LogP contribution in [0.2, 0.25) is 0 Å². The molecule has 0 saturated carbocycles. The number of amides is 1. The molecule has 1 amide bonds. The molecule has 1 fully saturated rings. The molecule has 1 unspecified atom stereocenters. The minimum absolute atomic E-state index is 0.182. The van der Waals surface area contributed by atoms with Crippen molar-refractivity contribution >= 4 is 16.9 Å². The standard InChI is InChI=1S/C16H21N3O2/c1-3-19-14-7-5-4-6-13(14)17-16(19)12-10-15(20)18(11-12)8-9-21-2/h4-7,12H,3,8-11H2,1-2H3. The van der Waals surface area contributed by atoms with Crippen LogP contribution in [0.25, 0.3) is 11.0 Å². The van der Waals surface area contributed by atoms with E-state index in [4.69, 9.17) is 9.72 Å². The average Bonchev–Trinajstić information content (AvgIpc) is 3.05. The highest BCUT2D eigenvalue weighted by Crippen LogP contribution is 2.30. The number of aryl methyl sites for hydroxylation is 1. The smallest absolute Gasteiger partial charge is 0.223 e. The summed E-state index contributed by atoms with van der Waals surface area (Å²) in [5.41, 5.74) is 2.16. The Bertz CT molecular complexity index is 650. The normalized spacial score (nSPS) is 18.9. The highest BCUT2D eigenvalue weighted by Gasteiger charge is 2.33. The summed E-state index contributed by atoms with van der Waals surface area (Å²) in [5, 5.41) is 0. The van der Waals surface area contributed by atoms with Gasteiger partial charge in [-0.05, 0) is 19.1 Å². The van der Waals surface area contributed by atoms with Gasteiger partial charge in [-0.1, -0.05) is 12.1 Å². The summed E-state index contributed by atoms with van der Waals surface area (Å²) in [6, 6.07) is 8.16. The highest BCUT2D eigenvalue weighted by molar-refractivity contribution is 5.80. The lowest BCUT2D eigenvalue weighted by Crippen LogP contribution is -2.28. The molecule has 2 aromatic rings. The molecule has 0 aliphatic carbocycles. The molecule has 5 heteroatoms. The third-order valence-electron chi connectivity index (χ3n) is 4.15. The number of hydrogen-bond acceptors (Lipinski definition) is 3. The zero-order chi connectivity index (χ0) is 14.8. The van der Waals surface area contributed by atoms with Crippen molar-refractivity contribution in [2.24, 2.45) is 0 Å². The van der Waals surface area contributed by atoms with Crippen molar-refractivity contribution in [1.82, 2.24) is 14.5 Å². The Morgan fingerprint density at radius 2 is 2.19 bits per heavy atom. The van der Waals surface area contributed by atoms with E-state index in [2.05, 4.69) is 17.6 Å². The van der Waals surface area contributed by atoms with Crippen molar-refractivity contribution in [3.63, 3.8) is 0 Å². The molecule has 1 aromatic heterocycles. The molecule has 1 atom stereocenters. The van der Waals surface area contributed by atoms with Gasteiger partial charge in [0.2, 0.25) is 5.91 Å². The van der Waals surface area contributed by atoms with Crippen LogP contribution in [0.4, 0.5) is 0 Å². The number of aromatic nitrogens is 2. The van der Waals surface area contributed by atoms with Gasteiger partial charge < -0.3 is 14.2 Å². The van der Waals surface area contributed by atoms with Gasteiger partial charge in [-0.2, -0.15) is 0 Å². The van der Waals surface area contributed by atoms with Gasteiger partial charge in [0.05, 0.1) is 17.6 Å². The molecular formula is C16H21N3O2. The van der Waals surface area contributed by atoms with E-state index in [0.717, 1.165) is 29.9 Å². The first-order chi connectivity index (χ1) is 10.2. The Morgan fingerprint density at radius 1 is 1.38 bits per heavy atom. The molecule has 0 spiro atoms. The fourth-order valence-corrected chi connectivity index (χ4v) is 3.10. The third-order valence-corrected chi connectivity index (χ3v) is 4.15. The van der Waals surface area contributed by atoms with E-state index < -0.39 is 0 Å². The fourth-order valence-electron chi connectivity index (χ4n) is 3.10. The number of imidazole rings is 1. The number of fused-ring (bicyclic) bond motifs is 1. The molecule has 1 aromatic carbocycles. The summed E-state index contributed by atoms with van der Waals surface area (Å²) in [6.45, 7) is 4.99. The monoisotopic (exact) mass is 287 g/mol. The SMILES string of the molecule is CCn1c(C2CC(=O)N(CCOC)C2)nc2ccccc21. The predicted octanol–water partition coefficient (Wildman–Crippen LogP) is 2.02. The zero-order valence-electron chi connectivity index (χ0n) is 12.6. The van der Waals surface area contributed by atoms with Crippen LogP contribution in [0, 0.1) is 0 Å². The number of nitrogens with zero attached hydrogens (tertiary/aromatic N) is 3. The Morgan fingerprint density at radius 3 is 2.95 bits per heavy atom. The molecule has 21 heavy (non-hydrogen) atoms. The van der Waals surface area contributed by atoms with Gasteiger partial charge in [-0.25, -0.2) is 4.98 Å². The number of carbonyl (C=O) groups is 1. The summed E-state index contributed by atoms with van der Waals surface area (Å²) >= 11 is 0. The summed E-state index contributed by atoms with van der Waals surface area (Å²) in [6.07, 6.45) is 0.549. The maximum atomic E-state index is 12.1. The number of hydrogen-bond donors (Lipinski definition) is 0. The van der Waals surface area contributed by atoms with Crippen LogP contribution < -0.4 is 0 Å². The van der Waals surface area contributed by atoms with E-state index in [-0.39, 0.29) is 11.8 Å². The van der Waals surface area contributed by atoms with E-state index in [0.29, 0.717) is 19.6 Å². The zero-order valence-corrected chi connectivity index (χ0v) is 12.6. The molecule has 1 aliphatic heterocycles. The molecule has 3 rings (SSSR count). The molecule has 1 saturated heterocycles. The fraction of sp³-hybridized carbons (Fsp3) is 0.500. The van der Waals surface area contributed by atoms with Crippen molar-refractivity contribution < 1.29 is 9.53 Å². The lowest BCUT2D eigenvalue weighted by Gasteiger charge is -2.16. The lowest BCUT2D eigenvalue weighted by atomic mass is 10.1. The van der Waals surface area contributed by atoms with E-state index >= 15 is 0 Å². The van der Waals surface area contributed by atoms with E-state index in [1.807, 2.05) is 23.1 Å². The van der Waals surface area contributed by atoms with Crippen LogP contribution in [0.5, 0.6) is 0 Å². The minimum atomic E-state index is 0.182. The Kier molecular flexibility index (Phi) is 3.92. The van der Waals surface area contributed by atoms with Gasteiger partial charge in [0.15, 0.2) is 0 Å². The van der Waals surface area contributed by atoms with Gasteiger partial charge >= 0.3 is 0 Å². The van der Waals surface area contributed by atoms with Crippen molar-refractivity contribution in [3.05, 3.63) is 30.1 Å². The maximum absolute atomic E-state index is 12.1. The van der Waals surface area contributed by atoms with Gasteiger partial charge in [0.25, 0.3) is 0 Å². The lowest BCUT2D eigenvalue weighted by molar-refractivity contribution is -0.128. The number of methoxy groups -OCH3 is 1. The second-order valence-corrected chi connectivity index (χ2v) is 5.44. The molecule has 0 radical (unpaired) electrons. The highest BCUT2D eigenvalue weighted by atomic mass is 16.5. The number of carbonyl (C=O) groups excluding carboxylic acids is 1. The van der Waals surface area contributed by atoms with Crippen LogP contribution in [0.15, 0.2) is 24.3 Å². The van der Waals surface area contributed by atoms with Crippen molar-refractivity contribution in [1.29, 1.82) is 0 Å². The first-order valence-electron chi connectivity index (χ1n) is 7.46. The summed E-state index contributed by atoms with van der Waals surface area (Å²) in [7, 11) is 1.66. The minimum Gasteiger partial charge on any atom is -0.383 e.